The normalized spacial score (nSPS) is 10.1. The SMILES string of the molecule is O=C(COc1cccc(Cl)c1)c1cccs1. The van der Waals surface area contributed by atoms with Gasteiger partial charge in [0, 0.05) is 5.02 Å². The van der Waals surface area contributed by atoms with Crippen molar-refractivity contribution in [1.82, 2.24) is 0 Å². The first kappa shape index (κ1) is 11.2. The van der Waals surface area contributed by atoms with E-state index < -0.39 is 0 Å². The van der Waals surface area contributed by atoms with E-state index in [1.54, 1.807) is 30.3 Å². The van der Waals surface area contributed by atoms with Gasteiger partial charge in [-0.2, -0.15) is 0 Å². The van der Waals surface area contributed by atoms with Crippen molar-refractivity contribution in [3.63, 3.8) is 0 Å². The first-order valence-corrected chi connectivity index (χ1v) is 5.96. The number of Topliss-reactive ketones (excluding diaryl/α,β-unsaturated/α-hetero) is 1. The fourth-order valence-corrected chi connectivity index (χ4v) is 2.05. The number of hydrogen-bond acceptors (Lipinski definition) is 3. The summed E-state index contributed by atoms with van der Waals surface area (Å²) in [5, 5.41) is 2.47. The summed E-state index contributed by atoms with van der Waals surface area (Å²) in [5.74, 6) is 0.590. The summed E-state index contributed by atoms with van der Waals surface area (Å²) in [6, 6.07) is 10.6. The third-order valence-corrected chi connectivity index (χ3v) is 3.11. The van der Waals surface area contributed by atoms with Crippen LogP contribution in [0.1, 0.15) is 9.67 Å². The van der Waals surface area contributed by atoms with Gasteiger partial charge in [-0.1, -0.05) is 23.7 Å². The highest BCUT2D eigenvalue weighted by Crippen LogP contribution is 2.17. The topological polar surface area (TPSA) is 26.3 Å². The maximum Gasteiger partial charge on any atom is 0.210 e. The second-order valence-corrected chi connectivity index (χ2v) is 4.53. The monoisotopic (exact) mass is 252 g/mol. The third-order valence-electron chi connectivity index (χ3n) is 1.96. The minimum Gasteiger partial charge on any atom is -0.485 e. The lowest BCUT2D eigenvalue weighted by atomic mass is 10.3. The molecule has 16 heavy (non-hydrogen) atoms. The molecule has 0 saturated heterocycles. The molecule has 82 valence electrons. The molecule has 0 aliphatic carbocycles. The molecule has 0 amide bonds. The maximum absolute atomic E-state index is 11.6. The van der Waals surface area contributed by atoms with E-state index >= 15 is 0 Å². The standard InChI is InChI=1S/C12H9ClO2S/c13-9-3-1-4-10(7-9)15-8-11(14)12-5-2-6-16-12/h1-7H,8H2. The predicted molar refractivity (Wildman–Crippen MR) is 65.6 cm³/mol. The van der Waals surface area contributed by atoms with Gasteiger partial charge in [-0.3, -0.25) is 4.79 Å². The Kier molecular flexibility index (Phi) is 3.59. The average molecular weight is 253 g/mol. The third kappa shape index (κ3) is 2.84. The molecular weight excluding hydrogens is 244 g/mol. The van der Waals surface area contributed by atoms with Crippen LogP contribution in [-0.2, 0) is 0 Å². The van der Waals surface area contributed by atoms with E-state index in [1.165, 1.54) is 11.3 Å². The molecule has 0 radical (unpaired) electrons. The summed E-state index contributed by atoms with van der Waals surface area (Å²) in [4.78, 5) is 12.3. The maximum atomic E-state index is 11.6. The Balaban J connectivity index is 1.95. The van der Waals surface area contributed by atoms with Gasteiger partial charge in [0.05, 0.1) is 4.88 Å². The molecule has 0 spiro atoms. The summed E-state index contributed by atoms with van der Waals surface area (Å²) in [5.41, 5.74) is 0. The second-order valence-electron chi connectivity index (χ2n) is 3.15. The number of carbonyl (C=O) groups is 1. The Hall–Kier alpha value is -1.32. The van der Waals surface area contributed by atoms with Crippen LogP contribution in [0.5, 0.6) is 5.75 Å². The van der Waals surface area contributed by atoms with E-state index in [0.29, 0.717) is 15.6 Å². The van der Waals surface area contributed by atoms with Crippen molar-refractivity contribution in [1.29, 1.82) is 0 Å². The summed E-state index contributed by atoms with van der Waals surface area (Å²) in [6.07, 6.45) is 0. The summed E-state index contributed by atoms with van der Waals surface area (Å²) in [6.45, 7) is 0.0425. The number of halogens is 1. The van der Waals surface area contributed by atoms with Crippen LogP contribution < -0.4 is 4.74 Å². The minimum absolute atomic E-state index is 0.0185. The number of ether oxygens (including phenoxy) is 1. The summed E-state index contributed by atoms with van der Waals surface area (Å²) >= 11 is 7.21. The van der Waals surface area contributed by atoms with Gasteiger partial charge in [0.15, 0.2) is 6.61 Å². The number of ketones is 1. The molecule has 0 saturated carbocycles. The molecule has 4 heteroatoms. The molecule has 1 aromatic heterocycles. The summed E-state index contributed by atoms with van der Waals surface area (Å²) in [7, 11) is 0. The number of carbonyl (C=O) groups excluding carboxylic acids is 1. The molecule has 1 heterocycles. The lowest BCUT2D eigenvalue weighted by molar-refractivity contribution is 0.0925. The van der Waals surface area contributed by atoms with Crippen LogP contribution in [0.2, 0.25) is 5.02 Å². The number of benzene rings is 1. The van der Waals surface area contributed by atoms with E-state index in [4.69, 9.17) is 16.3 Å². The first-order chi connectivity index (χ1) is 7.75. The zero-order valence-electron chi connectivity index (χ0n) is 8.35. The van der Waals surface area contributed by atoms with E-state index in [2.05, 4.69) is 0 Å². The van der Waals surface area contributed by atoms with Crippen molar-refractivity contribution < 1.29 is 9.53 Å². The highest BCUT2D eigenvalue weighted by Gasteiger charge is 2.07. The van der Waals surface area contributed by atoms with E-state index in [-0.39, 0.29) is 12.4 Å². The van der Waals surface area contributed by atoms with E-state index in [9.17, 15) is 4.79 Å². The van der Waals surface area contributed by atoms with Crippen molar-refractivity contribution in [2.24, 2.45) is 0 Å². The molecule has 2 aromatic rings. The van der Waals surface area contributed by atoms with Crippen molar-refractivity contribution in [2.45, 2.75) is 0 Å². The minimum atomic E-state index is -0.0185. The number of thiophene rings is 1. The molecule has 0 unspecified atom stereocenters. The molecule has 0 aliphatic rings. The average Bonchev–Trinajstić information content (AvgIpc) is 2.79. The van der Waals surface area contributed by atoms with Crippen molar-refractivity contribution in [3.8, 4) is 5.75 Å². The van der Waals surface area contributed by atoms with Gasteiger partial charge < -0.3 is 4.74 Å². The van der Waals surface area contributed by atoms with Crippen LogP contribution >= 0.6 is 22.9 Å². The molecule has 0 bridgehead atoms. The molecule has 2 rings (SSSR count). The zero-order valence-corrected chi connectivity index (χ0v) is 9.92. The number of rotatable bonds is 4. The van der Waals surface area contributed by atoms with Gasteiger partial charge in [-0.15, -0.1) is 11.3 Å². The van der Waals surface area contributed by atoms with Crippen molar-refractivity contribution >= 4 is 28.7 Å². The largest absolute Gasteiger partial charge is 0.485 e. The molecule has 0 aliphatic heterocycles. The zero-order chi connectivity index (χ0) is 11.4. The van der Waals surface area contributed by atoms with Gasteiger partial charge in [0.1, 0.15) is 5.75 Å². The Morgan fingerprint density at radius 3 is 2.88 bits per heavy atom. The second kappa shape index (κ2) is 5.14. The lowest BCUT2D eigenvalue weighted by Gasteiger charge is -2.04. The summed E-state index contributed by atoms with van der Waals surface area (Å²) < 4.78 is 5.35. The van der Waals surface area contributed by atoms with E-state index in [0.717, 1.165) is 0 Å². The van der Waals surface area contributed by atoms with Gasteiger partial charge >= 0.3 is 0 Å². The molecule has 0 fully saturated rings. The molecule has 1 aromatic carbocycles. The molecule has 2 nitrogen and oxygen atoms in total. The predicted octanol–water partition coefficient (Wildman–Crippen LogP) is 3.66. The molecule has 0 atom stereocenters. The molecule has 0 N–H and O–H groups in total. The van der Waals surface area contributed by atoms with Gasteiger partial charge in [0.2, 0.25) is 5.78 Å². The highest BCUT2D eigenvalue weighted by molar-refractivity contribution is 7.12. The Morgan fingerprint density at radius 2 is 2.19 bits per heavy atom. The Morgan fingerprint density at radius 1 is 1.31 bits per heavy atom. The highest BCUT2D eigenvalue weighted by atomic mass is 35.5. The van der Waals surface area contributed by atoms with Gasteiger partial charge in [-0.05, 0) is 29.6 Å². The van der Waals surface area contributed by atoms with Crippen LogP contribution in [0, 0.1) is 0 Å². The van der Waals surface area contributed by atoms with Crippen LogP contribution in [0.15, 0.2) is 41.8 Å². The fourth-order valence-electron chi connectivity index (χ4n) is 1.21. The Labute approximate surface area is 102 Å². The van der Waals surface area contributed by atoms with Crippen molar-refractivity contribution in [2.75, 3.05) is 6.61 Å². The van der Waals surface area contributed by atoms with Crippen molar-refractivity contribution in [3.05, 3.63) is 51.7 Å². The van der Waals surface area contributed by atoms with Crippen LogP contribution in [0.3, 0.4) is 0 Å². The quantitative estimate of drug-likeness (QED) is 0.777. The molecular formula is C12H9ClO2S. The van der Waals surface area contributed by atoms with E-state index in [1.807, 2.05) is 11.4 Å². The smallest absolute Gasteiger partial charge is 0.210 e. The van der Waals surface area contributed by atoms with Crippen LogP contribution in [-0.4, -0.2) is 12.4 Å². The lowest BCUT2D eigenvalue weighted by Crippen LogP contribution is -2.09. The van der Waals surface area contributed by atoms with Gasteiger partial charge in [-0.25, -0.2) is 0 Å². The fraction of sp³-hybridized carbons (Fsp3) is 0.0833. The number of hydrogen-bond donors (Lipinski definition) is 0. The van der Waals surface area contributed by atoms with Crippen LogP contribution in [0.4, 0.5) is 0 Å². The Bertz CT molecular complexity index is 480. The van der Waals surface area contributed by atoms with Crippen LogP contribution in [0.25, 0.3) is 0 Å². The first-order valence-electron chi connectivity index (χ1n) is 4.71. The van der Waals surface area contributed by atoms with Gasteiger partial charge in [0.25, 0.3) is 0 Å².